The van der Waals surface area contributed by atoms with Crippen molar-refractivity contribution in [2.24, 2.45) is 5.10 Å². The van der Waals surface area contributed by atoms with Crippen LogP contribution < -0.4 is 5.43 Å². The second kappa shape index (κ2) is 5.92. The predicted octanol–water partition coefficient (Wildman–Crippen LogP) is 2.97. The van der Waals surface area contributed by atoms with E-state index in [0.29, 0.717) is 10.7 Å². The quantitative estimate of drug-likeness (QED) is 0.449. The molecular weight excluding hydrogens is 246 g/mol. The number of anilines is 1. The van der Waals surface area contributed by atoms with E-state index in [1.165, 1.54) is 0 Å². The summed E-state index contributed by atoms with van der Waals surface area (Å²) < 4.78 is 0.394. The molecule has 0 saturated carbocycles. The number of nitrogens with one attached hydrogen (secondary N) is 3. The molecule has 0 saturated heterocycles. The first kappa shape index (κ1) is 12.3. The van der Waals surface area contributed by atoms with Crippen LogP contribution >= 0.6 is 12.2 Å². The SMILES string of the molecule is CC(/C=C/c1ccccc1)=N/Nc1nc(=S)[nH][nH]1. The molecule has 0 atom stereocenters. The van der Waals surface area contributed by atoms with E-state index in [-0.39, 0.29) is 0 Å². The average molecular weight is 259 g/mol. The minimum Gasteiger partial charge on any atom is -0.272 e. The molecule has 0 bridgehead atoms. The van der Waals surface area contributed by atoms with Crippen molar-refractivity contribution in [3.8, 4) is 0 Å². The van der Waals surface area contributed by atoms with Gasteiger partial charge in [-0.25, -0.2) is 5.43 Å². The molecule has 1 aromatic heterocycles. The zero-order chi connectivity index (χ0) is 12.8. The highest BCUT2D eigenvalue weighted by molar-refractivity contribution is 7.71. The Morgan fingerprint density at radius 3 is 2.78 bits per heavy atom. The molecule has 0 radical (unpaired) electrons. The first-order valence-electron chi connectivity index (χ1n) is 5.42. The van der Waals surface area contributed by atoms with Crippen LogP contribution in [0.15, 0.2) is 41.5 Å². The maximum atomic E-state index is 4.83. The standard InChI is InChI=1S/C12H13N5S/c1-9(7-8-10-5-3-2-4-6-10)14-15-11-13-12(18)17-16-11/h2-8H,1H3,(H3,13,15,16,17,18)/b8-7+,14-9-. The Morgan fingerprint density at radius 1 is 1.33 bits per heavy atom. The number of hydrazone groups is 1. The summed E-state index contributed by atoms with van der Waals surface area (Å²) in [6.45, 7) is 1.90. The fraction of sp³-hybridized carbons (Fsp3) is 0.0833. The van der Waals surface area contributed by atoms with E-state index >= 15 is 0 Å². The van der Waals surface area contributed by atoms with Crippen LogP contribution in [0.25, 0.3) is 6.08 Å². The summed E-state index contributed by atoms with van der Waals surface area (Å²) in [6.07, 6.45) is 3.91. The van der Waals surface area contributed by atoms with Gasteiger partial charge in [-0.15, -0.1) is 0 Å². The van der Waals surface area contributed by atoms with E-state index in [1.54, 1.807) is 0 Å². The molecule has 0 fully saturated rings. The lowest BCUT2D eigenvalue weighted by Gasteiger charge is -1.95. The maximum Gasteiger partial charge on any atom is 0.238 e. The molecule has 2 aromatic rings. The van der Waals surface area contributed by atoms with Gasteiger partial charge in [0, 0.05) is 0 Å². The van der Waals surface area contributed by atoms with Crippen molar-refractivity contribution in [2.75, 3.05) is 5.43 Å². The number of benzene rings is 1. The molecule has 6 heteroatoms. The lowest BCUT2D eigenvalue weighted by molar-refractivity contribution is 1.07. The third kappa shape index (κ3) is 3.67. The molecule has 0 unspecified atom stereocenters. The first-order valence-corrected chi connectivity index (χ1v) is 5.83. The Labute approximate surface area is 110 Å². The molecular formula is C12H13N5S. The molecule has 2 rings (SSSR count). The third-order valence-electron chi connectivity index (χ3n) is 2.16. The molecule has 3 N–H and O–H groups in total. The molecule has 1 heterocycles. The van der Waals surface area contributed by atoms with Gasteiger partial charge in [-0.3, -0.25) is 10.2 Å². The van der Waals surface area contributed by atoms with Crippen LogP contribution in [0.1, 0.15) is 12.5 Å². The lowest BCUT2D eigenvalue weighted by Crippen LogP contribution is -1.95. The van der Waals surface area contributed by atoms with Gasteiger partial charge in [-0.05, 0) is 30.8 Å². The van der Waals surface area contributed by atoms with E-state index in [1.807, 2.05) is 49.4 Å². The minimum absolute atomic E-state index is 0.394. The Bertz CT molecular complexity index is 609. The van der Waals surface area contributed by atoms with Crippen molar-refractivity contribution in [1.29, 1.82) is 0 Å². The van der Waals surface area contributed by atoms with Crippen LogP contribution in [-0.4, -0.2) is 20.9 Å². The fourth-order valence-electron chi connectivity index (χ4n) is 1.28. The Hall–Kier alpha value is -2.21. The summed E-state index contributed by atoms with van der Waals surface area (Å²) in [5.41, 5.74) is 4.74. The molecule has 0 aliphatic carbocycles. The fourth-order valence-corrected chi connectivity index (χ4v) is 1.42. The third-order valence-corrected chi connectivity index (χ3v) is 2.35. The smallest absolute Gasteiger partial charge is 0.238 e. The summed E-state index contributed by atoms with van der Waals surface area (Å²) in [5, 5.41) is 9.57. The summed E-state index contributed by atoms with van der Waals surface area (Å²) in [7, 11) is 0. The van der Waals surface area contributed by atoms with Gasteiger partial charge >= 0.3 is 0 Å². The zero-order valence-electron chi connectivity index (χ0n) is 9.84. The molecule has 0 aliphatic heterocycles. The number of nitrogens with zero attached hydrogens (tertiary/aromatic N) is 2. The number of hydrogen-bond donors (Lipinski definition) is 3. The average Bonchev–Trinajstić information content (AvgIpc) is 2.81. The van der Waals surface area contributed by atoms with E-state index in [0.717, 1.165) is 11.3 Å². The van der Waals surface area contributed by atoms with Gasteiger partial charge in [0.05, 0.1) is 5.71 Å². The molecule has 1 aromatic carbocycles. The number of allylic oxidation sites excluding steroid dienone is 1. The number of H-pyrrole nitrogens is 2. The van der Waals surface area contributed by atoms with Crippen molar-refractivity contribution in [1.82, 2.24) is 15.2 Å². The van der Waals surface area contributed by atoms with E-state index in [9.17, 15) is 0 Å². The summed E-state index contributed by atoms with van der Waals surface area (Å²) >= 11 is 4.83. The van der Waals surface area contributed by atoms with Gasteiger partial charge in [-0.1, -0.05) is 36.4 Å². The largest absolute Gasteiger partial charge is 0.272 e. The van der Waals surface area contributed by atoms with Crippen molar-refractivity contribution in [2.45, 2.75) is 6.92 Å². The van der Waals surface area contributed by atoms with Crippen molar-refractivity contribution in [3.63, 3.8) is 0 Å². The number of rotatable bonds is 4. The van der Waals surface area contributed by atoms with E-state index < -0.39 is 0 Å². The number of aromatic nitrogens is 3. The Kier molecular flexibility index (Phi) is 4.03. The van der Waals surface area contributed by atoms with Gasteiger partial charge in [0.1, 0.15) is 0 Å². The highest BCUT2D eigenvalue weighted by Crippen LogP contribution is 2.01. The number of aromatic amines is 2. The van der Waals surface area contributed by atoms with Gasteiger partial charge in [0.2, 0.25) is 10.7 Å². The summed E-state index contributed by atoms with van der Waals surface area (Å²) in [4.78, 5) is 3.96. The van der Waals surface area contributed by atoms with Crippen LogP contribution in [0.2, 0.25) is 0 Å². The highest BCUT2D eigenvalue weighted by Gasteiger charge is 1.92. The maximum absolute atomic E-state index is 4.83. The lowest BCUT2D eigenvalue weighted by atomic mass is 10.2. The van der Waals surface area contributed by atoms with Gasteiger partial charge in [0.15, 0.2) is 0 Å². The van der Waals surface area contributed by atoms with Crippen LogP contribution in [0.5, 0.6) is 0 Å². The molecule has 18 heavy (non-hydrogen) atoms. The Morgan fingerprint density at radius 2 is 2.11 bits per heavy atom. The van der Waals surface area contributed by atoms with Gasteiger partial charge in [-0.2, -0.15) is 10.1 Å². The molecule has 0 aliphatic rings. The Balaban J connectivity index is 1.97. The molecule has 92 valence electrons. The monoisotopic (exact) mass is 259 g/mol. The van der Waals surface area contributed by atoms with Crippen molar-refractivity contribution < 1.29 is 0 Å². The predicted molar refractivity (Wildman–Crippen MR) is 76.0 cm³/mol. The van der Waals surface area contributed by atoms with Gasteiger partial charge in [0.25, 0.3) is 0 Å². The van der Waals surface area contributed by atoms with Crippen molar-refractivity contribution >= 4 is 30.0 Å². The second-order valence-corrected chi connectivity index (χ2v) is 4.01. The molecule has 5 nitrogen and oxygen atoms in total. The normalized spacial score (nSPS) is 11.9. The van der Waals surface area contributed by atoms with Crippen LogP contribution in [-0.2, 0) is 0 Å². The second-order valence-electron chi connectivity index (χ2n) is 3.62. The van der Waals surface area contributed by atoms with Crippen LogP contribution in [0, 0.1) is 4.77 Å². The first-order chi connectivity index (χ1) is 8.74. The summed E-state index contributed by atoms with van der Waals surface area (Å²) in [5.74, 6) is 0.493. The zero-order valence-corrected chi connectivity index (χ0v) is 10.7. The summed E-state index contributed by atoms with van der Waals surface area (Å²) in [6, 6.07) is 10.0. The molecule has 0 amide bonds. The van der Waals surface area contributed by atoms with Crippen LogP contribution in [0.4, 0.5) is 5.95 Å². The van der Waals surface area contributed by atoms with E-state index in [2.05, 4.69) is 25.7 Å². The van der Waals surface area contributed by atoms with Crippen molar-refractivity contribution in [3.05, 3.63) is 46.7 Å². The van der Waals surface area contributed by atoms with Crippen LogP contribution in [0.3, 0.4) is 0 Å². The number of hydrogen-bond acceptors (Lipinski definition) is 4. The highest BCUT2D eigenvalue weighted by atomic mass is 32.1. The van der Waals surface area contributed by atoms with E-state index in [4.69, 9.17) is 12.2 Å². The topological polar surface area (TPSA) is 68.9 Å². The van der Waals surface area contributed by atoms with Gasteiger partial charge < -0.3 is 0 Å². The minimum atomic E-state index is 0.394. The molecule has 0 spiro atoms.